The molecule has 6 heteroatoms. The van der Waals surface area contributed by atoms with E-state index in [1.165, 1.54) is 6.92 Å². The normalized spacial score (nSPS) is 17.5. The lowest BCUT2D eigenvalue weighted by Crippen LogP contribution is -2.06. The molecular weight excluding hydrogens is 246 g/mol. The van der Waals surface area contributed by atoms with Crippen LogP contribution < -0.4 is 10.5 Å². The van der Waals surface area contributed by atoms with Crippen molar-refractivity contribution in [3.8, 4) is 5.75 Å². The fourth-order valence-electron chi connectivity index (χ4n) is 2.53. The van der Waals surface area contributed by atoms with Crippen LogP contribution in [0.1, 0.15) is 25.3 Å². The second-order valence-electron chi connectivity index (χ2n) is 4.59. The van der Waals surface area contributed by atoms with E-state index in [4.69, 9.17) is 15.2 Å². The molecule has 1 unspecified atom stereocenters. The number of ether oxygens (including phenoxy) is 2. The average molecular weight is 261 g/mol. The van der Waals surface area contributed by atoms with E-state index in [0.29, 0.717) is 11.4 Å². The van der Waals surface area contributed by atoms with E-state index in [9.17, 15) is 4.79 Å². The maximum atomic E-state index is 11.1. The lowest BCUT2D eigenvalue weighted by atomic mass is 10.2. The van der Waals surface area contributed by atoms with Gasteiger partial charge in [0.25, 0.3) is 0 Å². The van der Waals surface area contributed by atoms with E-state index in [1.807, 2.05) is 10.6 Å². The Morgan fingerprint density at radius 2 is 2.32 bits per heavy atom. The average Bonchev–Trinajstić information content (AvgIpc) is 2.88. The van der Waals surface area contributed by atoms with Gasteiger partial charge >= 0.3 is 5.97 Å². The summed E-state index contributed by atoms with van der Waals surface area (Å²) in [6, 6.07) is 3.65. The Morgan fingerprint density at radius 3 is 3.00 bits per heavy atom. The molecule has 1 aromatic heterocycles. The standard InChI is InChI=1S/C13H15N3O3/c1-7(17)19-11-3-4-16-10-6-12(18-2)8(14)5-9(10)15-13(11)16/h5-6,11H,3-4,14H2,1-2H3. The number of carbonyl (C=O) groups is 1. The van der Waals surface area contributed by atoms with Crippen molar-refractivity contribution in [3.05, 3.63) is 18.0 Å². The molecule has 0 bridgehead atoms. The number of nitrogens with zero attached hydrogens (tertiary/aromatic N) is 2. The second-order valence-corrected chi connectivity index (χ2v) is 4.59. The maximum Gasteiger partial charge on any atom is 0.303 e. The van der Waals surface area contributed by atoms with E-state index in [1.54, 1.807) is 13.2 Å². The molecule has 1 atom stereocenters. The van der Waals surface area contributed by atoms with Gasteiger partial charge in [0, 0.05) is 26.0 Å². The minimum atomic E-state index is -0.289. The molecule has 6 nitrogen and oxygen atoms in total. The van der Waals surface area contributed by atoms with E-state index in [-0.39, 0.29) is 12.1 Å². The van der Waals surface area contributed by atoms with Gasteiger partial charge in [0.2, 0.25) is 0 Å². The lowest BCUT2D eigenvalue weighted by Gasteiger charge is -2.07. The molecule has 19 heavy (non-hydrogen) atoms. The molecule has 0 spiro atoms. The van der Waals surface area contributed by atoms with Gasteiger partial charge < -0.3 is 19.8 Å². The number of hydrogen-bond donors (Lipinski definition) is 1. The van der Waals surface area contributed by atoms with Crippen LogP contribution in [0.5, 0.6) is 5.75 Å². The zero-order valence-corrected chi connectivity index (χ0v) is 10.8. The summed E-state index contributed by atoms with van der Waals surface area (Å²) in [6.07, 6.45) is 0.488. The first-order valence-electron chi connectivity index (χ1n) is 6.11. The van der Waals surface area contributed by atoms with E-state index in [2.05, 4.69) is 4.98 Å². The van der Waals surface area contributed by atoms with Crippen LogP contribution in [0.25, 0.3) is 11.0 Å². The predicted octanol–water partition coefficient (Wildman–Crippen LogP) is 1.64. The summed E-state index contributed by atoms with van der Waals surface area (Å²) in [6.45, 7) is 2.18. The molecule has 2 N–H and O–H groups in total. The van der Waals surface area contributed by atoms with Crippen LogP contribution in [0.3, 0.4) is 0 Å². The summed E-state index contributed by atoms with van der Waals surface area (Å²) >= 11 is 0. The van der Waals surface area contributed by atoms with Crippen LogP contribution >= 0.6 is 0 Å². The van der Waals surface area contributed by atoms with E-state index >= 15 is 0 Å². The summed E-state index contributed by atoms with van der Waals surface area (Å²) in [7, 11) is 1.58. The topological polar surface area (TPSA) is 79.4 Å². The fraction of sp³-hybridized carbons (Fsp3) is 0.385. The van der Waals surface area contributed by atoms with Crippen molar-refractivity contribution in [2.75, 3.05) is 12.8 Å². The van der Waals surface area contributed by atoms with Crippen molar-refractivity contribution < 1.29 is 14.3 Å². The molecule has 0 saturated heterocycles. The Kier molecular flexibility index (Phi) is 2.58. The Balaban J connectivity index is 2.11. The Labute approximate surface area is 110 Å². The highest BCUT2D eigenvalue weighted by molar-refractivity contribution is 5.83. The quantitative estimate of drug-likeness (QED) is 0.656. The number of carbonyl (C=O) groups excluding carboxylic acids is 1. The third-order valence-electron chi connectivity index (χ3n) is 3.34. The van der Waals surface area contributed by atoms with Crippen molar-refractivity contribution in [2.45, 2.75) is 26.0 Å². The zero-order valence-electron chi connectivity index (χ0n) is 10.8. The number of nitrogens with two attached hydrogens (primary N) is 1. The molecule has 0 saturated carbocycles. The number of imidazole rings is 1. The van der Waals surface area contributed by atoms with E-state index in [0.717, 1.165) is 29.8 Å². The zero-order chi connectivity index (χ0) is 13.6. The molecule has 1 aliphatic heterocycles. The third-order valence-corrected chi connectivity index (χ3v) is 3.34. The van der Waals surface area contributed by atoms with Gasteiger partial charge in [-0.1, -0.05) is 0 Å². The minimum Gasteiger partial charge on any atom is -0.495 e. The van der Waals surface area contributed by atoms with Gasteiger partial charge in [0.15, 0.2) is 11.9 Å². The number of anilines is 1. The monoisotopic (exact) mass is 261 g/mol. The molecule has 0 fully saturated rings. The number of fused-ring (bicyclic) bond motifs is 3. The Bertz CT molecular complexity index is 663. The number of nitrogen functional groups attached to an aromatic ring is 1. The van der Waals surface area contributed by atoms with Gasteiger partial charge in [-0.15, -0.1) is 0 Å². The molecule has 1 aromatic carbocycles. The summed E-state index contributed by atoms with van der Waals surface area (Å²) in [4.78, 5) is 15.6. The van der Waals surface area contributed by atoms with Crippen molar-refractivity contribution >= 4 is 22.7 Å². The molecule has 0 amide bonds. The first-order chi connectivity index (χ1) is 9.10. The number of hydrogen-bond acceptors (Lipinski definition) is 5. The highest BCUT2D eigenvalue weighted by Gasteiger charge is 2.29. The smallest absolute Gasteiger partial charge is 0.303 e. The fourth-order valence-corrected chi connectivity index (χ4v) is 2.53. The molecule has 0 radical (unpaired) electrons. The molecule has 2 heterocycles. The van der Waals surface area contributed by atoms with Gasteiger partial charge in [-0.05, 0) is 6.07 Å². The molecule has 3 rings (SSSR count). The summed E-state index contributed by atoms with van der Waals surface area (Å²) < 4.78 is 12.5. The number of benzene rings is 1. The first-order valence-corrected chi connectivity index (χ1v) is 6.11. The third kappa shape index (κ3) is 1.80. The number of rotatable bonds is 2. The number of aromatic nitrogens is 2. The van der Waals surface area contributed by atoms with Gasteiger partial charge in [0.05, 0.1) is 23.8 Å². The molecule has 2 aromatic rings. The number of aryl methyl sites for hydroxylation is 1. The lowest BCUT2D eigenvalue weighted by molar-refractivity contribution is -0.146. The van der Waals surface area contributed by atoms with E-state index < -0.39 is 0 Å². The van der Waals surface area contributed by atoms with Crippen LogP contribution in [-0.2, 0) is 16.1 Å². The van der Waals surface area contributed by atoms with Crippen molar-refractivity contribution in [2.24, 2.45) is 0 Å². The van der Waals surface area contributed by atoms with Crippen LogP contribution in [0.15, 0.2) is 12.1 Å². The van der Waals surface area contributed by atoms with Crippen molar-refractivity contribution in [3.63, 3.8) is 0 Å². The number of esters is 1. The van der Waals surface area contributed by atoms with Gasteiger partial charge in [-0.3, -0.25) is 4.79 Å². The predicted molar refractivity (Wildman–Crippen MR) is 69.8 cm³/mol. The van der Waals surface area contributed by atoms with Crippen LogP contribution in [0.4, 0.5) is 5.69 Å². The molecule has 1 aliphatic rings. The highest BCUT2D eigenvalue weighted by atomic mass is 16.5. The Hall–Kier alpha value is -2.24. The van der Waals surface area contributed by atoms with Crippen molar-refractivity contribution in [1.82, 2.24) is 9.55 Å². The van der Waals surface area contributed by atoms with Gasteiger partial charge in [-0.2, -0.15) is 0 Å². The van der Waals surface area contributed by atoms with Crippen LogP contribution in [0, 0.1) is 0 Å². The molecule has 0 aliphatic carbocycles. The molecular formula is C13H15N3O3. The highest BCUT2D eigenvalue weighted by Crippen LogP contribution is 2.35. The minimum absolute atomic E-state index is 0.267. The Morgan fingerprint density at radius 1 is 1.53 bits per heavy atom. The largest absolute Gasteiger partial charge is 0.495 e. The van der Waals surface area contributed by atoms with Crippen LogP contribution in [0.2, 0.25) is 0 Å². The SMILES string of the molecule is COc1cc2c(cc1N)nc1n2CCC1OC(C)=O. The summed E-state index contributed by atoms with van der Waals surface area (Å²) in [5, 5.41) is 0. The second kappa shape index (κ2) is 4.15. The maximum absolute atomic E-state index is 11.1. The summed E-state index contributed by atoms with van der Waals surface area (Å²) in [5.74, 6) is 1.12. The van der Waals surface area contributed by atoms with Crippen LogP contribution in [-0.4, -0.2) is 22.6 Å². The van der Waals surface area contributed by atoms with Crippen molar-refractivity contribution in [1.29, 1.82) is 0 Å². The number of methoxy groups -OCH3 is 1. The van der Waals surface area contributed by atoms with Gasteiger partial charge in [0.1, 0.15) is 5.75 Å². The van der Waals surface area contributed by atoms with Gasteiger partial charge in [-0.25, -0.2) is 4.98 Å². The molecule has 100 valence electrons. The summed E-state index contributed by atoms with van der Waals surface area (Å²) in [5.41, 5.74) is 8.17. The first kappa shape index (κ1) is 11.8.